The molecule has 0 N–H and O–H groups in total. The summed E-state index contributed by atoms with van der Waals surface area (Å²) >= 11 is -0.980. The number of rotatable bonds is 11. The molecule has 0 atom stereocenters. The van der Waals surface area contributed by atoms with Gasteiger partial charge in [-0.1, -0.05) is 0 Å². The van der Waals surface area contributed by atoms with Gasteiger partial charge in [0.2, 0.25) is 0 Å². The standard InChI is InChI=1S/C34H35As2P.ClH.Pd/c1-6-16-30(17-7-1)35(31-18-8-2-9-19-31)26-28-37(34-24-14-5-15-25-34)29-27-36(32-20-10-3-11-21-32)33-22-12-4-13-23-33;;/h1-25,35-36H,26-29H2;1H;/q;;+2. The van der Waals surface area contributed by atoms with Crippen molar-refractivity contribution in [2.24, 2.45) is 0 Å². The fraction of sp³-hybridized carbons (Fsp3) is 0.118. The van der Waals surface area contributed by atoms with E-state index in [1.807, 2.05) is 0 Å². The molecule has 5 aromatic rings. The molecule has 2 radical (unpaired) electrons. The summed E-state index contributed by atoms with van der Waals surface area (Å²) in [5, 5.41) is 4.34. The predicted octanol–water partition coefficient (Wildman–Crippen LogP) is 5.30. The van der Waals surface area contributed by atoms with E-state index in [0.717, 1.165) is 0 Å². The van der Waals surface area contributed by atoms with E-state index in [9.17, 15) is 0 Å². The first-order valence-electron chi connectivity index (χ1n) is 13.3. The Bertz CT molecular complexity index is 1160. The van der Waals surface area contributed by atoms with Gasteiger partial charge in [-0.2, -0.15) is 0 Å². The average Bonchev–Trinajstić information content (AvgIpc) is 3.04. The molecule has 5 aromatic carbocycles. The second kappa shape index (κ2) is 17.4. The van der Waals surface area contributed by atoms with Crippen LogP contribution in [0.25, 0.3) is 0 Å². The van der Waals surface area contributed by atoms with Crippen LogP contribution in [-0.2, 0) is 18.2 Å². The molecule has 5 rings (SSSR count). The molecule has 0 heterocycles. The van der Waals surface area contributed by atoms with E-state index in [1.54, 1.807) is 22.7 Å². The van der Waals surface area contributed by atoms with Crippen LogP contribution in [0.3, 0.4) is 0 Å². The summed E-state index contributed by atoms with van der Waals surface area (Å²) in [6, 6.07) is 57.0. The van der Waals surface area contributed by atoms with Gasteiger partial charge in [0.25, 0.3) is 0 Å². The second-order valence-electron chi connectivity index (χ2n) is 9.39. The molecule has 5 heteroatoms. The average molecular weight is 767 g/mol. The fourth-order valence-electron chi connectivity index (χ4n) is 5.11. The van der Waals surface area contributed by atoms with Crippen molar-refractivity contribution >= 4 is 69.5 Å². The normalized spacial score (nSPS) is 10.9. The van der Waals surface area contributed by atoms with Crippen LogP contribution in [0.1, 0.15) is 0 Å². The van der Waals surface area contributed by atoms with Gasteiger partial charge in [-0.05, 0) is 0 Å². The molecule has 202 valence electrons. The van der Waals surface area contributed by atoms with E-state index < -0.39 is 37.2 Å². The van der Waals surface area contributed by atoms with Gasteiger partial charge < -0.3 is 0 Å². The Morgan fingerprint density at radius 2 is 0.667 bits per heavy atom. The SMILES string of the molecule is [Cl][Pd+].c1ccc([PH+](CC[AsH](c2ccccc2)c2ccccc2)CC[AsH](c2ccccc2)c2ccccc2)cc1. The van der Waals surface area contributed by atoms with Crippen molar-refractivity contribution in [2.45, 2.75) is 10.4 Å². The third-order valence-electron chi connectivity index (χ3n) is 7.02. The van der Waals surface area contributed by atoms with Crippen molar-refractivity contribution in [1.29, 1.82) is 0 Å². The molecule has 0 nitrogen and oxygen atoms in total. The maximum absolute atomic E-state index is 4.49. The predicted molar refractivity (Wildman–Crippen MR) is 178 cm³/mol. The summed E-state index contributed by atoms with van der Waals surface area (Å²) in [6.45, 7) is 0. The summed E-state index contributed by atoms with van der Waals surface area (Å²) < 4.78 is 6.41. The van der Waals surface area contributed by atoms with E-state index in [4.69, 9.17) is 0 Å². The first kappa shape index (κ1) is 30.6. The van der Waals surface area contributed by atoms with Crippen molar-refractivity contribution in [3.8, 4) is 0 Å². The van der Waals surface area contributed by atoms with E-state index >= 15 is 0 Å². The molecule has 39 heavy (non-hydrogen) atoms. The van der Waals surface area contributed by atoms with E-state index in [0.29, 0.717) is 0 Å². The molecule has 0 saturated carbocycles. The number of halogens is 1. The zero-order chi connectivity index (χ0) is 27.1. The molecule has 0 bridgehead atoms. The van der Waals surface area contributed by atoms with Gasteiger partial charge in [0.05, 0.1) is 0 Å². The summed E-state index contributed by atoms with van der Waals surface area (Å²) in [6.07, 6.45) is 2.73. The molecule has 0 aliphatic carbocycles. The number of hydrogen-bond acceptors (Lipinski definition) is 0. The number of benzene rings is 5. The Morgan fingerprint density at radius 3 is 0.949 bits per heavy atom. The summed E-state index contributed by atoms with van der Waals surface area (Å²) in [7, 11) is 3.83. The summed E-state index contributed by atoms with van der Waals surface area (Å²) in [5.41, 5.74) is 0. The molecule has 0 saturated heterocycles. The third kappa shape index (κ3) is 9.31. The van der Waals surface area contributed by atoms with Crippen LogP contribution in [0.4, 0.5) is 0 Å². The molecular weight excluding hydrogens is 731 g/mol. The zero-order valence-electron chi connectivity index (χ0n) is 22.0. The Labute approximate surface area is 259 Å². The van der Waals surface area contributed by atoms with Crippen LogP contribution in [0.2, 0.25) is 10.4 Å². The van der Waals surface area contributed by atoms with E-state index in [-0.39, 0.29) is 0 Å². The second-order valence-corrected chi connectivity index (χ2v) is 23.1. The van der Waals surface area contributed by atoms with Gasteiger partial charge in [-0.25, -0.2) is 0 Å². The Morgan fingerprint density at radius 1 is 0.410 bits per heavy atom. The quantitative estimate of drug-likeness (QED) is 0.127. The van der Waals surface area contributed by atoms with Crippen LogP contribution < -0.4 is 22.7 Å². The van der Waals surface area contributed by atoms with Crippen molar-refractivity contribution in [1.82, 2.24) is 0 Å². The monoisotopic (exact) mass is 766 g/mol. The van der Waals surface area contributed by atoms with Crippen LogP contribution in [0, 0.1) is 0 Å². The van der Waals surface area contributed by atoms with Gasteiger partial charge in [-0.3, -0.25) is 0 Å². The van der Waals surface area contributed by atoms with E-state index in [1.165, 1.54) is 22.7 Å². The maximum atomic E-state index is 4.49. The van der Waals surface area contributed by atoms with Crippen molar-refractivity contribution in [3.05, 3.63) is 152 Å². The van der Waals surface area contributed by atoms with Gasteiger partial charge in [0.1, 0.15) is 0 Å². The Kier molecular flexibility index (Phi) is 13.6. The molecule has 0 unspecified atom stereocenters. The van der Waals surface area contributed by atoms with Crippen LogP contribution >= 0.6 is 17.5 Å². The summed E-state index contributed by atoms with van der Waals surface area (Å²) in [4.78, 5) is 0. The minimum absolute atomic E-state index is 0.657. The van der Waals surface area contributed by atoms with Crippen LogP contribution in [0.5, 0.6) is 0 Å². The molecule has 0 aromatic heterocycles. The number of hydrogen-bond donors (Lipinski definition) is 0. The molecule has 0 fully saturated rings. The Balaban J connectivity index is 0.00000172. The molecule has 0 spiro atoms. The van der Waals surface area contributed by atoms with E-state index in [2.05, 4.69) is 179 Å². The third-order valence-corrected chi connectivity index (χ3v) is 23.8. The van der Waals surface area contributed by atoms with Crippen molar-refractivity contribution < 1.29 is 18.2 Å². The van der Waals surface area contributed by atoms with Gasteiger partial charge in [0, 0.05) is 0 Å². The van der Waals surface area contributed by atoms with Gasteiger partial charge >= 0.3 is 262 Å². The van der Waals surface area contributed by atoms with Gasteiger partial charge in [0.15, 0.2) is 0 Å². The molecule has 0 aliphatic rings. The molecule has 0 aliphatic heterocycles. The molecule has 0 amide bonds. The topological polar surface area (TPSA) is 0 Å². The zero-order valence-corrected chi connectivity index (χ0v) is 29.5. The first-order valence-corrected chi connectivity index (χ1v) is 24.4. The fourth-order valence-corrected chi connectivity index (χ4v) is 23.5. The molecular formula is C34H36As2ClPPd+2. The van der Waals surface area contributed by atoms with Gasteiger partial charge in [-0.15, -0.1) is 0 Å². The van der Waals surface area contributed by atoms with Crippen molar-refractivity contribution in [3.63, 3.8) is 0 Å². The van der Waals surface area contributed by atoms with Crippen LogP contribution in [0.15, 0.2) is 152 Å². The Hall–Kier alpha value is -1.40. The minimum atomic E-state index is -1.60. The van der Waals surface area contributed by atoms with Crippen molar-refractivity contribution in [2.75, 3.05) is 12.3 Å². The summed E-state index contributed by atoms with van der Waals surface area (Å²) in [5.74, 6) is 0. The first-order chi connectivity index (χ1) is 19.4. The van der Waals surface area contributed by atoms with Crippen LogP contribution in [-0.4, -0.2) is 41.6 Å².